The first-order chi connectivity index (χ1) is 11.5. The lowest BCUT2D eigenvalue weighted by Crippen LogP contribution is -2.17. The molecule has 5 nitrogen and oxygen atoms in total. The number of carbonyl (C=O) groups is 1. The summed E-state index contributed by atoms with van der Waals surface area (Å²) in [6.07, 6.45) is 1.51. The van der Waals surface area contributed by atoms with Crippen LogP contribution in [0.25, 0.3) is 0 Å². The number of benzene rings is 2. The topological polar surface area (TPSA) is 59.9 Å². The Hall–Kier alpha value is -2.53. The highest BCUT2D eigenvalue weighted by Crippen LogP contribution is 2.30. The van der Waals surface area contributed by atoms with Crippen molar-refractivity contribution in [3.05, 3.63) is 58.6 Å². The van der Waals surface area contributed by atoms with E-state index in [1.165, 1.54) is 6.21 Å². The van der Waals surface area contributed by atoms with Gasteiger partial charge in [0.1, 0.15) is 0 Å². The van der Waals surface area contributed by atoms with Gasteiger partial charge in [0.25, 0.3) is 5.91 Å². The molecule has 1 N–H and O–H groups in total. The molecule has 2 aromatic carbocycles. The molecule has 1 amide bonds. The average Bonchev–Trinajstić information content (AvgIpc) is 2.56. The second-order valence-corrected chi connectivity index (χ2v) is 5.69. The van der Waals surface area contributed by atoms with E-state index in [1.54, 1.807) is 37.4 Å². The first-order valence-corrected chi connectivity index (χ1v) is 7.81. The monoisotopic (exact) mass is 346 g/mol. The molecule has 0 bridgehead atoms. The zero-order chi connectivity index (χ0) is 17.5. The number of para-hydroxylation sites is 1. The second kappa shape index (κ2) is 8.36. The summed E-state index contributed by atoms with van der Waals surface area (Å²) in [5, 5.41) is 4.56. The number of carbonyl (C=O) groups excluding carboxylic acids is 1. The molecule has 2 rings (SSSR count). The van der Waals surface area contributed by atoms with E-state index in [-0.39, 0.29) is 12.0 Å². The summed E-state index contributed by atoms with van der Waals surface area (Å²) in [6.45, 7) is 3.85. The molecule has 0 aromatic heterocycles. The van der Waals surface area contributed by atoms with E-state index >= 15 is 0 Å². The molecule has 0 radical (unpaired) electrons. The summed E-state index contributed by atoms with van der Waals surface area (Å²) in [5.74, 6) is 0.869. The van der Waals surface area contributed by atoms with Crippen molar-refractivity contribution in [1.82, 2.24) is 5.43 Å². The molecule has 0 fully saturated rings. The minimum atomic E-state index is -0.322. The highest BCUT2D eigenvalue weighted by molar-refractivity contribution is 6.30. The Morgan fingerprint density at radius 1 is 1.21 bits per heavy atom. The van der Waals surface area contributed by atoms with Gasteiger partial charge in [0.05, 0.1) is 19.4 Å². The fourth-order valence-corrected chi connectivity index (χ4v) is 2.11. The van der Waals surface area contributed by atoms with Crippen molar-refractivity contribution in [2.75, 3.05) is 7.11 Å². The van der Waals surface area contributed by atoms with Crippen LogP contribution in [0.4, 0.5) is 0 Å². The summed E-state index contributed by atoms with van der Waals surface area (Å²) >= 11 is 5.80. The fourth-order valence-electron chi connectivity index (χ4n) is 1.98. The third-order valence-electron chi connectivity index (χ3n) is 3.06. The Bertz CT molecular complexity index is 728. The summed E-state index contributed by atoms with van der Waals surface area (Å²) in [6, 6.07) is 12.0. The predicted octanol–water partition coefficient (Wildman–Crippen LogP) is 3.90. The molecule has 6 heteroatoms. The number of hydrazone groups is 1. The number of methoxy groups -OCH3 is 1. The zero-order valence-corrected chi connectivity index (χ0v) is 14.5. The highest BCUT2D eigenvalue weighted by atomic mass is 35.5. The number of rotatable bonds is 6. The van der Waals surface area contributed by atoms with Crippen LogP contribution in [0.1, 0.15) is 29.8 Å². The number of amides is 1. The number of ether oxygens (including phenoxy) is 2. The molecular weight excluding hydrogens is 328 g/mol. The molecule has 0 atom stereocenters. The molecule has 0 aliphatic rings. The minimum absolute atomic E-state index is 0.0166. The highest BCUT2D eigenvalue weighted by Gasteiger charge is 2.11. The molecule has 0 aliphatic carbocycles. The SMILES string of the molecule is COc1cccc(/C=N\NC(=O)c2ccc(Cl)cc2)c1OC(C)C. The standard InChI is InChI=1S/C18H19ClN2O3/c1-12(2)24-17-14(5-4-6-16(17)23-3)11-20-21-18(22)13-7-9-15(19)10-8-13/h4-12H,1-3H3,(H,21,22)/b20-11-. The van der Waals surface area contributed by atoms with Gasteiger partial charge in [-0.2, -0.15) is 5.10 Å². The second-order valence-electron chi connectivity index (χ2n) is 5.25. The van der Waals surface area contributed by atoms with Crippen LogP contribution in [0.5, 0.6) is 11.5 Å². The molecule has 0 saturated heterocycles. The molecule has 0 heterocycles. The van der Waals surface area contributed by atoms with Gasteiger partial charge in [-0.05, 0) is 50.2 Å². The largest absolute Gasteiger partial charge is 0.493 e. The summed E-state index contributed by atoms with van der Waals surface area (Å²) in [5.41, 5.74) is 3.66. The lowest BCUT2D eigenvalue weighted by molar-refractivity contribution is 0.0955. The van der Waals surface area contributed by atoms with E-state index in [1.807, 2.05) is 26.0 Å². The van der Waals surface area contributed by atoms with Crippen LogP contribution in [-0.2, 0) is 0 Å². The van der Waals surface area contributed by atoms with Crippen LogP contribution >= 0.6 is 11.6 Å². The van der Waals surface area contributed by atoms with E-state index in [9.17, 15) is 4.79 Å². The average molecular weight is 347 g/mol. The first-order valence-electron chi connectivity index (χ1n) is 7.44. The molecule has 0 unspecified atom stereocenters. The molecule has 0 aliphatic heterocycles. The Kier molecular flexibility index (Phi) is 6.21. The number of halogens is 1. The Morgan fingerprint density at radius 3 is 2.54 bits per heavy atom. The maximum Gasteiger partial charge on any atom is 0.271 e. The van der Waals surface area contributed by atoms with Crippen LogP contribution in [0.2, 0.25) is 5.02 Å². The lowest BCUT2D eigenvalue weighted by atomic mass is 10.2. The van der Waals surface area contributed by atoms with Gasteiger partial charge in [0, 0.05) is 16.1 Å². The van der Waals surface area contributed by atoms with Crippen molar-refractivity contribution < 1.29 is 14.3 Å². The van der Waals surface area contributed by atoms with Gasteiger partial charge in [-0.15, -0.1) is 0 Å². The van der Waals surface area contributed by atoms with Gasteiger partial charge >= 0.3 is 0 Å². The molecular formula is C18H19ClN2O3. The molecule has 24 heavy (non-hydrogen) atoms. The third kappa shape index (κ3) is 4.73. The zero-order valence-electron chi connectivity index (χ0n) is 13.7. The van der Waals surface area contributed by atoms with E-state index in [0.29, 0.717) is 27.6 Å². The van der Waals surface area contributed by atoms with Crippen LogP contribution in [0.3, 0.4) is 0 Å². The molecule has 126 valence electrons. The molecule has 0 spiro atoms. The quantitative estimate of drug-likeness (QED) is 0.637. The van der Waals surface area contributed by atoms with Crippen molar-refractivity contribution in [3.8, 4) is 11.5 Å². The molecule has 2 aromatic rings. The minimum Gasteiger partial charge on any atom is -0.493 e. The van der Waals surface area contributed by atoms with Gasteiger partial charge in [-0.3, -0.25) is 4.79 Å². The first kappa shape index (κ1) is 17.8. The Morgan fingerprint density at radius 2 is 1.92 bits per heavy atom. The van der Waals surface area contributed by atoms with Crippen molar-refractivity contribution >= 4 is 23.7 Å². The smallest absolute Gasteiger partial charge is 0.271 e. The normalized spacial score (nSPS) is 10.9. The van der Waals surface area contributed by atoms with E-state index in [0.717, 1.165) is 0 Å². The van der Waals surface area contributed by atoms with Crippen LogP contribution in [0, 0.1) is 0 Å². The number of hydrogen-bond donors (Lipinski definition) is 1. The van der Waals surface area contributed by atoms with E-state index in [4.69, 9.17) is 21.1 Å². The lowest BCUT2D eigenvalue weighted by Gasteiger charge is -2.15. The van der Waals surface area contributed by atoms with Gasteiger partial charge in [0.15, 0.2) is 11.5 Å². The van der Waals surface area contributed by atoms with Crippen LogP contribution < -0.4 is 14.9 Å². The number of hydrogen-bond acceptors (Lipinski definition) is 4. The van der Waals surface area contributed by atoms with Gasteiger partial charge in [-0.25, -0.2) is 5.43 Å². The maximum atomic E-state index is 12.0. The molecule has 0 saturated carbocycles. The summed E-state index contributed by atoms with van der Waals surface area (Å²) < 4.78 is 11.1. The third-order valence-corrected chi connectivity index (χ3v) is 3.31. The summed E-state index contributed by atoms with van der Waals surface area (Å²) in [7, 11) is 1.58. The van der Waals surface area contributed by atoms with Crippen molar-refractivity contribution in [2.24, 2.45) is 5.10 Å². The van der Waals surface area contributed by atoms with Crippen molar-refractivity contribution in [2.45, 2.75) is 20.0 Å². The van der Waals surface area contributed by atoms with E-state index < -0.39 is 0 Å². The number of nitrogens with zero attached hydrogens (tertiary/aromatic N) is 1. The van der Waals surface area contributed by atoms with Crippen molar-refractivity contribution in [3.63, 3.8) is 0 Å². The van der Waals surface area contributed by atoms with Crippen LogP contribution in [-0.4, -0.2) is 25.3 Å². The predicted molar refractivity (Wildman–Crippen MR) is 95.3 cm³/mol. The number of nitrogens with one attached hydrogen (secondary N) is 1. The Labute approximate surface area is 146 Å². The van der Waals surface area contributed by atoms with E-state index in [2.05, 4.69) is 10.5 Å². The van der Waals surface area contributed by atoms with Crippen LogP contribution in [0.15, 0.2) is 47.6 Å². The maximum absolute atomic E-state index is 12.0. The van der Waals surface area contributed by atoms with Gasteiger partial charge in [-0.1, -0.05) is 17.7 Å². The van der Waals surface area contributed by atoms with Gasteiger partial charge in [0.2, 0.25) is 0 Å². The fraction of sp³-hybridized carbons (Fsp3) is 0.222. The Balaban J connectivity index is 2.13. The van der Waals surface area contributed by atoms with Crippen molar-refractivity contribution in [1.29, 1.82) is 0 Å². The van der Waals surface area contributed by atoms with Gasteiger partial charge < -0.3 is 9.47 Å². The summed E-state index contributed by atoms with van der Waals surface area (Å²) in [4.78, 5) is 12.0.